The van der Waals surface area contributed by atoms with Crippen LogP contribution in [0.25, 0.3) is 88.3 Å². The van der Waals surface area contributed by atoms with Gasteiger partial charge in [0.2, 0.25) is 0 Å². The monoisotopic (exact) mass is 801 g/mol. The second kappa shape index (κ2) is 16.7. The number of para-hydroxylation sites is 1. The molecule has 0 aliphatic carbocycles. The standard InChI is InChI=1S/C62H43N/c1-4-17-44(18-5-1)52-39-42-61(59(43-52)49-21-8-3-9-22-49)63(53-40-37-46(38-41-53)45-33-35-50(36-34-45)55-29-14-24-47-23-10-11-27-54(47)55)60-32-13-12-28-57(60)58-31-16-26-51-25-15-30-56(62(51)58)48-19-6-2-7-20-48/h1-43H. The molecule has 11 rings (SSSR count). The van der Waals surface area contributed by atoms with Gasteiger partial charge in [-0.15, -0.1) is 0 Å². The van der Waals surface area contributed by atoms with Crippen LogP contribution in [0.4, 0.5) is 17.1 Å². The largest absolute Gasteiger partial charge is 0.309 e. The number of fused-ring (bicyclic) bond motifs is 2. The summed E-state index contributed by atoms with van der Waals surface area (Å²) in [5, 5.41) is 4.97. The summed E-state index contributed by atoms with van der Waals surface area (Å²) >= 11 is 0. The minimum absolute atomic E-state index is 1.08. The average Bonchev–Trinajstić information content (AvgIpc) is 3.37. The predicted octanol–water partition coefficient (Wildman–Crippen LogP) is 17.5. The first-order chi connectivity index (χ1) is 31.3. The molecule has 0 unspecified atom stereocenters. The SMILES string of the molecule is c1ccc(-c2ccc(N(c3ccc(-c4ccc(-c5cccc6ccccc56)cc4)cc3)c3ccccc3-c3cccc4cccc(-c5ccccc5)c34)c(-c3ccccc3)c2)cc1. The number of benzene rings is 11. The first kappa shape index (κ1) is 37.7. The Morgan fingerprint density at radius 2 is 0.651 bits per heavy atom. The second-order valence-corrected chi connectivity index (χ2v) is 16.0. The van der Waals surface area contributed by atoms with Gasteiger partial charge in [0.25, 0.3) is 0 Å². The van der Waals surface area contributed by atoms with Crippen LogP contribution in [0.15, 0.2) is 261 Å². The van der Waals surface area contributed by atoms with E-state index in [4.69, 9.17) is 0 Å². The molecule has 296 valence electrons. The van der Waals surface area contributed by atoms with Gasteiger partial charge < -0.3 is 4.90 Å². The normalized spacial score (nSPS) is 11.2. The summed E-state index contributed by atoms with van der Waals surface area (Å²) in [6.07, 6.45) is 0. The fourth-order valence-electron chi connectivity index (χ4n) is 9.24. The third kappa shape index (κ3) is 7.26. The highest BCUT2D eigenvalue weighted by Crippen LogP contribution is 2.48. The van der Waals surface area contributed by atoms with E-state index in [2.05, 4.69) is 266 Å². The Bertz CT molecular complexity index is 3340. The van der Waals surface area contributed by atoms with Crippen LogP contribution in [0, 0.1) is 0 Å². The Morgan fingerprint density at radius 1 is 0.222 bits per heavy atom. The van der Waals surface area contributed by atoms with Crippen molar-refractivity contribution in [1.82, 2.24) is 0 Å². The summed E-state index contributed by atoms with van der Waals surface area (Å²) in [5.41, 5.74) is 17.5. The van der Waals surface area contributed by atoms with Gasteiger partial charge in [0.05, 0.1) is 11.4 Å². The first-order valence-electron chi connectivity index (χ1n) is 21.7. The molecule has 1 nitrogen and oxygen atoms in total. The number of rotatable bonds is 9. The molecule has 11 aromatic carbocycles. The molecule has 0 heterocycles. The van der Waals surface area contributed by atoms with Crippen LogP contribution in [0.3, 0.4) is 0 Å². The van der Waals surface area contributed by atoms with E-state index in [9.17, 15) is 0 Å². The zero-order chi connectivity index (χ0) is 42.0. The van der Waals surface area contributed by atoms with E-state index in [-0.39, 0.29) is 0 Å². The highest BCUT2D eigenvalue weighted by molar-refractivity contribution is 6.09. The van der Waals surface area contributed by atoms with Gasteiger partial charge in [-0.1, -0.05) is 231 Å². The maximum Gasteiger partial charge on any atom is 0.0540 e. The van der Waals surface area contributed by atoms with Crippen molar-refractivity contribution in [2.45, 2.75) is 0 Å². The summed E-state index contributed by atoms with van der Waals surface area (Å²) in [6, 6.07) is 94.7. The molecule has 0 aromatic heterocycles. The third-order valence-corrected chi connectivity index (χ3v) is 12.3. The molecule has 11 aromatic rings. The predicted molar refractivity (Wildman–Crippen MR) is 269 cm³/mol. The highest BCUT2D eigenvalue weighted by atomic mass is 15.1. The fraction of sp³-hybridized carbons (Fsp3) is 0. The smallest absolute Gasteiger partial charge is 0.0540 e. The molecule has 0 amide bonds. The molecule has 0 spiro atoms. The van der Waals surface area contributed by atoms with E-state index >= 15 is 0 Å². The summed E-state index contributed by atoms with van der Waals surface area (Å²) < 4.78 is 0. The van der Waals surface area contributed by atoms with E-state index < -0.39 is 0 Å². The summed E-state index contributed by atoms with van der Waals surface area (Å²) in [6.45, 7) is 0. The van der Waals surface area contributed by atoms with Crippen LogP contribution in [0.2, 0.25) is 0 Å². The van der Waals surface area contributed by atoms with E-state index in [1.54, 1.807) is 0 Å². The molecule has 63 heavy (non-hydrogen) atoms. The molecular weight excluding hydrogens is 759 g/mol. The van der Waals surface area contributed by atoms with E-state index in [0.717, 1.165) is 33.8 Å². The first-order valence-corrected chi connectivity index (χ1v) is 21.7. The molecule has 0 N–H and O–H groups in total. The molecule has 0 saturated heterocycles. The molecular formula is C62H43N. The highest BCUT2D eigenvalue weighted by Gasteiger charge is 2.23. The number of anilines is 3. The Morgan fingerprint density at radius 3 is 1.35 bits per heavy atom. The van der Waals surface area contributed by atoms with Crippen LogP contribution >= 0.6 is 0 Å². The van der Waals surface area contributed by atoms with Crippen LogP contribution < -0.4 is 4.90 Å². The van der Waals surface area contributed by atoms with Gasteiger partial charge in [-0.3, -0.25) is 0 Å². The van der Waals surface area contributed by atoms with Crippen LogP contribution in [-0.4, -0.2) is 0 Å². The van der Waals surface area contributed by atoms with Crippen LogP contribution in [0.5, 0.6) is 0 Å². The van der Waals surface area contributed by atoms with Crippen LogP contribution in [0.1, 0.15) is 0 Å². The lowest BCUT2D eigenvalue weighted by Gasteiger charge is -2.31. The van der Waals surface area contributed by atoms with Crippen molar-refractivity contribution in [3.05, 3.63) is 261 Å². The average molecular weight is 802 g/mol. The summed E-state index contributed by atoms with van der Waals surface area (Å²) in [5.74, 6) is 0. The molecule has 0 radical (unpaired) electrons. The van der Waals surface area contributed by atoms with Crippen molar-refractivity contribution < 1.29 is 0 Å². The van der Waals surface area contributed by atoms with Gasteiger partial charge in [-0.2, -0.15) is 0 Å². The summed E-state index contributed by atoms with van der Waals surface area (Å²) in [4.78, 5) is 2.46. The van der Waals surface area contributed by atoms with Gasteiger partial charge in [-0.05, 0) is 108 Å². The molecule has 0 fully saturated rings. The lowest BCUT2D eigenvalue weighted by Crippen LogP contribution is -2.12. The van der Waals surface area contributed by atoms with Gasteiger partial charge in [-0.25, -0.2) is 0 Å². The zero-order valence-corrected chi connectivity index (χ0v) is 34.8. The van der Waals surface area contributed by atoms with Gasteiger partial charge in [0.15, 0.2) is 0 Å². The summed E-state index contributed by atoms with van der Waals surface area (Å²) in [7, 11) is 0. The van der Waals surface area contributed by atoms with Crippen molar-refractivity contribution in [1.29, 1.82) is 0 Å². The minimum Gasteiger partial charge on any atom is -0.309 e. The molecule has 1 heteroatoms. The van der Waals surface area contributed by atoms with Crippen molar-refractivity contribution in [2.75, 3.05) is 4.90 Å². The van der Waals surface area contributed by atoms with E-state index in [0.29, 0.717) is 0 Å². The van der Waals surface area contributed by atoms with Crippen molar-refractivity contribution in [3.63, 3.8) is 0 Å². The lowest BCUT2D eigenvalue weighted by molar-refractivity contribution is 1.28. The molecule has 0 saturated carbocycles. The molecule has 0 atom stereocenters. The number of nitrogens with zero attached hydrogens (tertiary/aromatic N) is 1. The van der Waals surface area contributed by atoms with E-state index in [1.165, 1.54) is 71.6 Å². The van der Waals surface area contributed by atoms with Gasteiger partial charge >= 0.3 is 0 Å². The maximum atomic E-state index is 2.46. The molecule has 0 aliphatic rings. The molecule has 0 bridgehead atoms. The van der Waals surface area contributed by atoms with Crippen molar-refractivity contribution in [2.24, 2.45) is 0 Å². The molecule has 0 aliphatic heterocycles. The van der Waals surface area contributed by atoms with Crippen LogP contribution in [-0.2, 0) is 0 Å². The second-order valence-electron chi connectivity index (χ2n) is 16.0. The Labute approximate surface area is 369 Å². The number of hydrogen-bond donors (Lipinski definition) is 0. The van der Waals surface area contributed by atoms with Crippen molar-refractivity contribution >= 4 is 38.6 Å². The maximum absolute atomic E-state index is 2.46. The zero-order valence-electron chi connectivity index (χ0n) is 34.8. The van der Waals surface area contributed by atoms with Gasteiger partial charge in [0, 0.05) is 16.8 Å². The van der Waals surface area contributed by atoms with Gasteiger partial charge in [0.1, 0.15) is 0 Å². The lowest BCUT2D eigenvalue weighted by atomic mass is 9.90. The quantitative estimate of drug-likeness (QED) is 0.141. The number of hydrogen-bond acceptors (Lipinski definition) is 1. The minimum atomic E-state index is 1.08. The topological polar surface area (TPSA) is 3.24 Å². The van der Waals surface area contributed by atoms with Crippen molar-refractivity contribution in [3.8, 4) is 66.8 Å². The fourth-order valence-corrected chi connectivity index (χ4v) is 9.24. The Balaban J connectivity index is 1.08. The Kier molecular flexibility index (Phi) is 9.97. The Hall–Kier alpha value is -8.26. The van der Waals surface area contributed by atoms with E-state index in [1.807, 2.05) is 0 Å². The third-order valence-electron chi connectivity index (χ3n) is 12.3.